The van der Waals surface area contributed by atoms with Crippen molar-refractivity contribution in [3.8, 4) is 0 Å². The average molecular weight is 168 g/mol. The van der Waals surface area contributed by atoms with Gasteiger partial charge in [0.05, 0.1) is 0 Å². The number of carboxylic acid groups (broad SMARTS) is 1. The quantitative estimate of drug-likeness (QED) is 0.619. The Kier molecular flexibility index (Phi) is 1.91. The van der Waals surface area contributed by atoms with Crippen LogP contribution in [0.2, 0.25) is 0 Å². The number of rotatable bonds is 1. The molecule has 0 aromatic heterocycles. The van der Waals surface area contributed by atoms with Gasteiger partial charge in [-0.25, -0.2) is 4.79 Å². The molecule has 2 N–H and O–H groups in total. The molecule has 0 bridgehead atoms. The molecule has 64 valence electrons. The number of aliphatic hydroxyl groups excluding tert-OH is 1. The maximum atomic E-state index is 10.4. The minimum Gasteiger partial charge on any atom is -0.504 e. The van der Waals surface area contributed by atoms with E-state index in [-0.39, 0.29) is 5.57 Å². The Labute approximate surface area is 69.1 Å². The number of carbonyl (C=O) groups is 1. The minimum absolute atomic E-state index is 0.246. The van der Waals surface area contributed by atoms with Crippen molar-refractivity contribution in [3.63, 3.8) is 0 Å². The summed E-state index contributed by atoms with van der Waals surface area (Å²) in [5, 5.41) is 17.7. The number of hydrogen-bond acceptors (Lipinski definition) is 3. The third kappa shape index (κ3) is 1.32. The van der Waals surface area contributed by atoms with Crippen LogP contribution in [0, 0.1) is 0 Å². The van der Waals surface area contributed by atoms with Crippen LogP contribution in [0.15, 0.2) is 35.5 Å². The summed E-state index contributed by atoms with van der Waals surface area (Å²) >= 11 is 0. The summed E-state index contributed by atoms with van der Waals surface area (Å²) in [7, 11) is 0. The highest BCUT2D eigenvalue weighted by atomic mass is 16.5. The Morgan fingerprint density at radius 1 is 1.67 bits per heavy atom. The summed E-state index contributed by atoms with van der Waals surface area (Å²) in [4.78, 5) is 10.4. The van der Waals surface area contributed by atoms with Gasteiger partial charge in [-0.15, -0.1) is 0 Å². The van der Waals surface area contributed by atoms with Crippen LogP contribution >= 0.6 is 0 Å². The van der Waals surface area contributed by atoms with E-state index in [1.54, 1.807) is 6.92 Å². The highest BCUT2D eigenvalue weighted by molar-refractivity contribution is 5.86. The first-order chi connectivity index (χ1) is 5.52. The Balaban J connectivity index is 3.07. The highest BCUT2D eigenvalue weighted by Crippen LogP contribution is 2.22. The van der Waals surface area contributed by atoms with E-state index < -0.39 is 17.5 Å². The zero-order chi connectivity index (χ0) is 9.30. The van der Waals surface area contributed by atoms with Gasteiger partial charge < -0.3 is 14.9 Å². The molecule has 12 heavy (non-hydrogen) atoms. The lowest BCUT2D eigenvalue weighted by Gasteiger charge is -2.14. The molecular formula is C8H8O4. The topological polar surface area (TPSA) is 66.8 Å². The van der Waals surface area contributed by atoms with Crippen LogP contribution in [-0.4, -0.2) is 16.2 Å². The lowest BCUT2D eigenvalue weighted by molar-refractivity contribution is -0.136. The molecule has 0 amide bonds. The third-order valence-corrected chi connectivity index (χ3v) is 1.35. The summed E-state index contributed by atoms with van der Waals surface area (Å²) in [6, 6.07) is 0. The maximum Gasteiger partial charge on any atom is 0.375 e. The molecule has 1 aliphatic heterocycles. The molecular weight excluding hydrogens is 160 g/mol. The van der Waals surface area contributed by atoms with Crippen molar-refractivity contribution in [2.45, 2.75) is 6.92 Å². The molecule has 0 atom stereocenters. The van der Waals surface area contributed by atoms with E-state index in [0.29, 0.717) is 5.76 Å². The van der Waals surface area contributed by atoms with Crippen LogP contribution in [-0.2, 0) is 9.53 Å². The normalized spacial score (nSPS) is 17.1. The number of carboxylic acids is 1. The van der Waals surface area contributed by atoms with Gasteiger partial charge in [0, 0.05) is 5.57 Å². The second-order valence-electron chi connectivity index (χ2n) is 2.37. The number of ether oxygens (including phenoxy) is 1. The predicted octanol–water partition coefficient (Wildman–Crippen LogP) is 1.33. The summed E-state index contributed by atoms with van der Waals surface area (Å²) in [5.41, 5.74) is 0.246. The van der Waals surface area contributed by atoms with Gasteiger partial charge in [-0.1, -0.05) is 6.58 Å². The van der Waals surface area contributed by atoms with Crippen molar-refractivity contribution in [2.24, 2.45) is 0 Å². The lowest BCUT2D eigenvalue weighted by Crippen LogP contribution is -2.12. The largest absolute Gasteiger partial charge is 0.504 e. The second-order valence-corrected chi connectivity index (χ2v) is 2.37. The van der Waals surface area contributed by atoms with Crippen LogP contribution in [0.25, 0.3) is 0 Å². The zero-order valence-corrected chi connectivity index (χ0v) is 6.50. The molecule has 0 unspecified atom stereocenters. The molecule has 0 radical (unpaired) electrons. The lowest BCUT2D eigenvalue weighted by atomic mass is 10.1. The van der Waals surface area contributed by atoms with Gasteiger partial charge in [0.1, 0.15) is 5.76 Å². The van der Waals surface area contributed by atoms with E-state index in [1.165, 1.54) is 6.08 Å². The van der Waals surface area contributed by atoms with Gasteiger partial charge in [-0.3, -0.25) is 0 Å². The van der Waals surface area contributed by atoms with E-state index in [0.717, 1.165) is 0 Å². The van der Waals surface area contributed by atoms with Crippen LogP contribution < -0.4 is 0 Å². The van der Waals surface area contributed by atoms with Crippen LogP contribution in [0.5, 0.6) is 0 Å². The summed E-state index contributed by atoms with van der Waals surface area (Å²) < 4.78 is 4.76. The first-order valence-corrected chi connectivity index (χ1v) is 3.24. The molecule has 0 aromatic rings. The van der Waals surface area contributed by atoms with E-state index in [1.807, 2.05) is 0 Å². The molecule has 0 aromatic carbocycles. The predicted molar refractivity (Wildman–Crippen MR) is 41.3 cm³/mol. The Morgan fingerprint density at radius 2 is 2.25 bits per heavy atom. The van der Waals surface area contributed by atoms with Gasteiger partial charge >= 0.3 is 5.97 Å². The number of allylic oxidation sites excluding steroid dienone is 2. The Morgan fingerprint density at radius 3 is 2.75 bits per heavy atom. The summed E-state index contributed by atoms with van der Waals surface area (Å²) in [6.07, 6.45) is 1.46. The Bertz CT molecular complexity index is 309. The molecule has 4 heteroatoms. The molecule has 4 nitrogen and oxygen atoms in total. The third-order valence-electron chi connectivity index (χ3n) is 1.35. The van der Waals surface area contributed by atoms with Crippen LogP contribution in [0.1, 0.15) is 6.92 Å². The van der Waals surface area contributed by atoms with E-state index in [9.17, 15) is 4.79 Å². The van der Waals surface area contributed by atoms with Gasteiger partial charge in [0.25, 0.3) is 5.76 Å². The molecule has 0 spiro atoms. The first-order valence-electron chi connectivity index (χ1n) is 3.24. The van der Waals surface area contributed by atoms with Crippen molar-refractivity contribution in [1.29, 1.82) is 0 Å². The van der Waals surface area contributed by atoms with Crippen molar-refractivity contribution in [2.75, 3.05) is 0 Å². The van der Waals surface area contributed by atoms with E-state index in [2.05, 4.69) is 6.58 Å². The molecule has 1 aliphatic rings. The Hall–Kier alpha value is -1.71. The van der Waals surface area contributed by atoms with Crippen molar-refractivity contribution in [3.05, 3.63) is 35.5 Å². The SMILES string of the molecule is C=C1C=C(C)OC(C(=O)O)=C1O. The molecule has 1 heterocycles. The fourth-order valence-electron chi connectivity index (χ4n) is 0.843. The minimum atomic E-state index is -1.30. The van der Waals surface area contributed by atoms with Gasteiger partial charge in [0.2, 0.25) is 0 Å². The summed E-state index contributed by atoms with van der Waals surface area (Å²) in [5.74, 6) is -1.80. The average Bonchev–Trinajstić information content (AvgIpc) is 1.96. The standard InChI is InChI=1S/C8H8O4/c1-4-3-5(2)12-7(6(4)9)8(10)11/h3,9H,1H2,2H3,(H,10,11). The van der Waals surface area contributed by atoms with Gasteiger partial charge in [-0.2, -0.15) is 0 Å². The number of aliphatic hydroxyl groups is 1. The molecule has 0 fully saturated rings. The van der Waals surface area contributed by atoms with Crippen molar-refractivity contribution < 1.29 is 19.7 Å². The zero-order valence-electron chi connectivity index (χ0n) is 6.50. The van der Waals surface area contributed by atoms with Crippen molar-refractivity contribution >= 4 is 5.97 Å². The fourth-order valence-corrected chi connectivity index (χ4v) is 0.843. The number of hydrogen-bond donors (Lipinski definition) is 2. The monoisotopic (exact) mass is 168 g/mol. The van der Waals surface area contributed by atoms with Crippen LogP contribution in [0.3, 0.4) is 0 Å². The highest BCUT2D eigenvalue weighted by Gasteiger charge is 2.21. The first kappa shape index (κ1) is 8.39. The molecule has 1 rings (SSSR count). The number of aliphatic carboxylic acids is 1. The molecule has 0 aliphatic carbocycles. The maximum absolute atomic E-state index is 10.4. The summed E-state index contributed by atoms with van der Waals surface area (Å²) in [6.45, 7) is 5.03. The fraction of sp³-hybridized carbons (Fsp3) is 0.125. The smallest absolute Gasteiger partial charge is 0.375 e. The van der Waals surface area contributed by atoms with E-state index >= 15 is 0 Å². The molecule has 0 saturated heterocycles. The van der Waals surface area contributed by atoms with Gasteiger partial charge in [-0.05, 0) is 13.0 Å². The van der Waals surface area contributed by atoms with Crippen LogP contribution in [0.4, 0.5) is 0 Å². The van der Waals surface area contributed by atoms with Gasteiger partial charge in [0.15, 0.2) is 5.76 Å². The van der Waals surface area contributed by atoms with E-state index in [4.69, 9.17) is 14.9 Å². The molecule has 0 saturated carbocycles. The van der Waals surface area contributed by atoms with Crippen molar-refractivity contribution in [1.82, 2.24) is 0 Å². The second kappa shape index (κ2) is 2.73.